The third-order valence-corrected chi connectivity index (χ3v) is 8.36. The molecule has 0 aliphatic carbocycles. The second-order valence-electron chi connectivity index (χ2n) is 9.36. The Morgan fingerprint density at radius 3 is 2.28 bits per heavy atom. The lowest BCUT2D eigenvalue weighted by Gasteiger charge is -2.34. The van der Waals surface area contributed by atoms with Gasteiger partial charge in [0.05, 0.1) is 18.0 Å². The van der Waals surface area contributed by atoms with Crippen LogP contribution in [-0.2, 0) is 33.7 Å². The van der Waals surface area contributed by atoms with Crippen molar-refractivity contribution in [3.63, 3.8) is 0 Å². The molecule has 2 aliphatic heterocycles. The van der Waals surface area contributed by atoms with Crippen LogP contribution in [0.3, 0.4) is 0 Å². The van der Waals surface area contributed by atoms with Crippen molar-refractivity contribution < 1.29 is 17.9 Å². The Balaban J connectivity index is 1.25. The normalized spacial score (nSPS) is 17.9. The minimum Gasteiger partial charge on any atom is -0.476 e. The Morgan fingerprint density at radius 1 is 0.861 bits per heavy atom. The fraction of sp³-hybridized carbons (Fsp3) is 0.321. The number of para-hydroxylation sites is 2. The molecule has 0 saturated carbocycles. The van der Waals surface area contributed by atoms with Gasteiger partial charge in [-0.2, -0.15) is 0 Å². The maximum absolute atomic E-state index is 13.4. The summed E-state index contributed by atoms with van der Waals surface area (Å²) in [7, 11) is -3.73. The molecule has 2 heterocycles. The number of hydrogen-bond donors (Lipinski definition) is 1. The second-order valence-corrected chi connectivity index (χ2v) is 11.3. The van der Waals surface area contributed by atoms with Crippen LogP contribution in [0.5, 0.6) is 5.75 Å². The standard InChI is InChI=1S/C28H31N3O4S/c32-28(29-18-22-12-14-23(15-13-22)19-30-16-6-7-17-30)27-20-31(25-10-4-5-11-26(25)35-27)36(33,34)21-24-8-2-1-3-9-24/h1-5,8-15,27H,6-7,16-21H2,(H,29,32)/t27-/m0/s1. The van der Waals surface area contributed by atoms with Crippen LogP contribution in [0, 0.1) is 0 Å². The third-order valence-electron chi connectivity index (χ3n) is 6.65. The molecule has 7 nitrogen and oxygen atoms in total. The molecule has 1 fully saturated rings. The van der Waals surface area contributed by atoms with Gasteiger partial charge in [-0.3, -0.25) is 14.0 Å². The summed E-state index contributed by atoms with van der Waals surface area (Å²) in [5.74, 6) is -0.113. The summed E-state index contributed by atoms with van der Waals surface area (Å²) in [5, 5.41) is 2.92. The highest BCUT2D eigenvalue weighted by molar-refractivity contribution is 7.92. The topological polar surface area (TPSA) is 79.0 Å². The fourth-order valence-corrected chi connectivity index (χ4v) is 6.31. The summed E-state index contributed by atoms with van der Waals surface area (Å²) in [4.78, 5) is 15.5. The predicted octanol–water partition coefficient (Wildman–Crippen LogP) is 3.70. The lowest BCUT2D eigenvalue weighted by Crippen LogP contribution is -2.50. The van der Waals surface area contributed by atoms with E-state index in [-0.39, 0.29) is 18.2 Å². The summed E-state index contributed by atoms with van der Waals surface area (Å²) >= 11 is 0. The zero-order valence-corrected chi connectivity index (χ0v) is 21.0. The van der Waals surface area contributed by atoms with Gasteiger partial charge in [-0.25, -0.2) is 8.42 Å². The lowest BCUT2D eigenvalue weighted by molar-refractivity contribution is -0.127. The molecule has 188 valence electrons. The Hall–Kier alpha value is -3.36. The highest BCUT2D eigenvalue weighted by Gasteiger charge is 2.36. The first-order valence-electron chi connectivity index (χ1n) is 12.4. The quantitative estimate of drug-likeness (QED) is 0.505. The number of nitrogens with one attached hydrogen (secondary N) is 1. The minimum absolute atomic E-state index is 0.0766. The van der Waals surface area contributed by atoms with Crippen molar-refractivity contribution in [3.8, 4) is 5.75 Å². The molecule has 3 aromatic rings. The molecule has 3 aromatic carbocycles. The van der Waals surface area contributed by atoms with Gasteiger partial charge in [-0.15, -0.1) is 0 Å². The van der Waals surface area contributed by atoms with E-state index in [1.54, 1.807) is 36.4 Å². The average molecular weight is 506 g/mol. The first kappa shape index (κ1) is 24.3. The summed E-state index contributed by atoms with van der Waals surface area (Å²) in [6.07, 6.45) is 1.59. The van der Waals surface area contributed by atoms with E-state index < -0.39 is 16.1 Å². The number of carbonyl (C=O) groups is 1. The van der Waals surface area contributed by atoms with Crippen LogP contribution in [0.2, 0.25) is 0 Å². The molecule has 36 heavy (non-hydrogen) atoms. The molecule has 8 heteroatoms. The summed E-state index contributed by atoms with van der Waals surface area (Å²) in [6.45, 7) is 3.53. The molecule has 0 radical (unpaired) electrons. The number of nitrogens with zero attached hydrogens (tertiary/aromatic N) is 2. The van der Waals surface area contributed by atoms with Gasteiger partial charge in [-0.1, -0.05) is 66.7 Å². The molecular formula is C28H31N3O4S. The van der Waals surface area contributed by atoms with Crippen LogP contribution >= 0.6 is 0 Å². The molecule has 0 aromatic heterocycles. The van der Waals surface area contributed by atoms with Crippen molar-refractivity contribution in [1.82, 2.24) is 10.2 Å². The maximum atomic E-state index is 13.4. The van der Waals surface area contributed by atoms with E-state index in [2.05, 4.69) is 22.3 Å². The molecule has 0 spiro atoms. The molecule has 2 aliphatic rings. The first-order valence-corrected chi connectivity index (χ1v) is 14.0. The Bertz CT molecular complexity index is 1290. The average Bonchev–Trinajstić information content (AvgIpc) is 3.41. The number of fused-ring (bicyclic) bond motifs is 1. The Labute approximate surface area is 212 Å². The van der Waals surface area contributed by atoms with Crippen molar-refractivity contribution in [2.24, 2.45) is 0 Å². The summed E-state index contributed by atoms with van der Waals surface area (Å²) in [6, 6.07) is 24.2. The van der Waals surface area contributed by atoms with Crippen molar-refractivity contribution in [2.45, 2.75) is 37.8 Å². The number of hydrogen-bond acceptors (Lipinski definition) is 5. The number of benzene rings is 3. The van der Waals surface area contributed by atoms with Crippen LogP contribution in [0.4, 0.5) is 5.69 Å². The molecule has 1 N–H and O–H groups in total. The smallest absolute Gasteiger partial charge is 0.263 e. The van der Waals surface area contributed by atoms with Crippen molar-refractivity contribution in [1.29, 1.82) is 0 Å². The zero-order valence-electron chi connectivity index (χ0n) is 20.2. The van der Waals surface area contributed by atoms with Gasteiger partial charge >= 0.3 is 0 Å². The highest BCUT2D eigenvalue weighted by Crippen LogP contribution is 2.35. The molecule has 5 rings (SSSR count). The number of ether oxygens (including phenoxy) is 1. The molecular weight excluding hydrogens is 474 g/mol. The lowest BCUT2D eigenvalue weighted by atomic mass is 10.1. The van der Waals surface area contributed by atoms with Gasteiger partial charge in [0, 0.05) is 13.1 Å². The monoisotopic (exact) mass is 505 g/mol. The van der Waals surface area contributed by atoms with Crippen LogP contribution in [0.25, 0.3) is 0 Å². The number of sulfonamides is 1. The van der Waals surface area contributed by atoms with E-state index in [4.69, 9.17) is 4.74 Å². The van der Waals surface area contributed by atoms with Gasteiger partial charge in [0.1, 0.15) is 5.75 Å². The van der Waals surface area contributed by atoms with E-state index in [9.17, 15) is 13.2 Å². The third kappa shape index (κ3) is 5.71. The minimum atomic E-state index is -3.73. The van der Waals surface area contributed by atoms with Crippen molar-refractivity contribution in [2.75, 3.05) is 23.9 Å². The Morgan fingerprint density at radius 2 is 1.53 bits per heavy atom. The fourth-order valence-electron chi connectivity index (χ4n) is 4.73. The molecule has 1 atom stereocenters. The van der Waals surface area contributed by atoms with E-state index in [0.29, 0.717) is 23.5 Å². The predicted molar refractivity (Wildman–Crippen MR) is 140 cm³/mol. The maximum Gasteiger partial charge on any atom is 0.263 e. The molecule has 1 amide bonds. The van der Waals surface area contributed by atoms with Crippen molar-refractivity contribution in [3.05, 3.63) is 95.6 Å². The second kappa shape index (κ2) is 10.7. The van der Waals surface area contributed by atoms with Gasteiger partial charge in [0.2, 0.25) is 10.0 Å². The molecule has 0 unspecified atom stereocenters. The molecule has 0 bridgehead atoms. The highest BCUT2D eigenvalue weighted by atomic mass is 32.2. The van der Waals surface area contributed by atoms with Crippen molar-refractivity contribution >= 4 is 21.6 Å². The number of rotatable bonds is 8. The number of likely N-dealkylation sites (tertiary alicyclic amines) is 1. The van der Waals surface area contributed by atoms with Gasteiger partial charge < -0.3 is 10.1 Å². The first-order chi connectivity index (χ1) is 17.5. The summed E-state index contributed by atoms with van der Waals surface area (Å²) < 4.78 is 33.9. The van der Waals surface area contributed by atoms with E-state index in [1.807, 2.05) is 30.3 Å². The van der Waals surface area contributed by atoms with Gasteiger partial charge in [-0.05, 0) is 54.8 Å². The number of anilines is 1. The van der Waals surface area contributed by atoms with E-state index >= 15 is 0 Å². The number of amides is 1. The Kier molecular flexibility index (Phi) is 7.25. The van der Waals surface area contributed by atoms with Gasteiger partial charge in [0.15, 0.2) is 6.10 Å². The molecule has 1 saturated heterocycles. The van der Waals surface area contributed by atoms with Crippen LogP contribution < -0.4 is 14.4 Å². The van der Waals surface area contributed by atoms with Gasteiger partial charge in [0.25, 0.3) is 5.91 Å². The van der Waals surface area contributed by atoms with Crippen LogP contribution in [0.1, 0.15) is 29.5 Å². The summed E-state index contributed by atoms with van der Waals surface area (Å²) in [5.41, 5.74) is 3.39. The number of carbonyl (C=O) groups excluding carboxylic acids is 1. The van der Waals surface area contributed by atoms with E-state index in [1.165, 1.54) is 22.7 Å². The SMILES string of the molecule is O=C(NCc1ccc(CN2CCCC2)cc1)[C@@H]1CN(S(=O)(=O)Cc2ccccc2)c2ccccc2O1. The largest absolute Gasteiger partial charge is 0.476 e. The van der Waals surface area contributed by atoms with E-state index in [0.717, 1.165) is 25.2 Å². The van der Waals surface area contributed by atoms with Crippen LogP contribution in [0.15, 0.2) is 78.9 Å². The zero-order chi connectivity index (χ0) is 25.0. The van der Waals surface area contributed by atoms with Crippen LogP contribution in [-0.4, -0.2) is 45.0 Å².